The fourth-order valence-corrected chi connectivity index (χ4v) is 10.7. The molecule has 19 heteroatoms. The first-order valence-corrected chi connectivity index (χ1v) is 27.9. The predicted molar refractivity (Wildman–Crippen MR) is 305 cm³/mol. The molecule has 0 spiro atoms. The molecule has 6 amide bonds. The first-order chi connectivity index (χ1) is 38.1. The number of likely N-dealkylation sites (N-methyl/N-ethyl adjacent to an activating group) is 2. The van der Waals surface area contributed by atoms with Crippen molar-refractivity contribution in [3.63, 3.8) is 0 Å². The van der Waals surface area contributed by atoms with Crippen molar-refractivity contribution in [1.29, 1.82) is 0 Å². The van der Waals surface area contributed by atoms with E-state index in [9.17, 15) is 28.8 Å². The molecule has 6 N–H and O–H groups in total. The summed E-state index contributed by atoms with van der Waals surface area (Å²) in [6.07, 6.45) is 15.1. The van der Waals surface area contributed by atoms with Gasteiger partial charge in [0, 0.05) is 75.0 Å². The Balaban J connectivity index is 0.822. The summed E-state index contributed by atoms with van der Waals surface area (Å²) >= 11 is 0. The molecular weight excluding hydrogens is 1000 g/mol. The van der Waals surface area contributed by atoms with Crippen LogP contribution in [0.5, 0.6) is 0 Å². The molecule has 4 aromatic heterocycles. The first kappa shape index (κ1) is 57.7. The third-order valence-electron chi connectivity index (χ3n) is 15.4. The van der Waals surface area contributed by atoms with E-state index in [-0.39, 0.29) is 59.4 Å². The van der Waals surface area contributed by atoms with E-state index >= 15 is 0 Å². The van der Waals surface area contributed by atoms with E-state index in [4.69, 9.17) is 4.74 Å². The Morgan fingerprint density at radius 1 is 0.582 bits per heavy atom. The number of nitrogens with one attached hydrogen (secondary N) is 6. The molecule has 0 saturated carbocycles. The van der Waals surface area contributed by atoms with E-state index in [1.54, 1.807) is 52.7 Å². The number of aromatic nitrogens is 4. The van der Waals surface area contributed by atoms with Gasteiger partial charge in [0.15, 0.2) is 0 Å². The minimum absolute atomic E-state index is 0.107. The van der Waals surface area contributed by atoms with Crippen molar-refractivity contribution in [2.45, 2.75) is 116 Å². The Bertz CT molecular complexity index is 2930. The quantitative estimate of drug-likeness (QED) is 0.0377. The van der Waals surface area contributed by atoms with Gasteiger partial charge in [-0.05, 0) is 114 Å². The predicted octanol–water partition coefficient (Wildman–Crippen LogP) is 6.15. The second-order valence-corrected chi connectivity index (χ2v) is 21.5. The third-order valence-corrected chi connectivity index (χ3v) is 15.4. The summed E-state index contributed by atoms with van der Waals surface area (Å²) in [5.41, 5.74) is 6.05. The van der Waals surface area contributed by atoms with Gasteiger partial charge in [-0.3, -0.25) is 38.7 Å². The lowest BCUT2D eigenvalue weighted by Crippen LogP contribution is -2.54. The highest BCUT2D eigenvalue weighted by Gasteiger charge is 2.38. The van der Waals surface area contributed by atoms with Crippen molar-refractivity contribution in [2.24, 2.45) is 11.8 Å². The second kappa shape index (κ2) is 26.4. The van der Waals surface area contributed by atoms with Crippen LogP contribution in [-0.4, -0.2) is 142 Å². The van der Waals surface area contributed by atoms with Crippen molar-refractivity contribution in [2.75, 3.05) is 53.5 Å². The summed E-state index contributed by atoms with van der Waals surface area (Å²) in [6, 6.07) is 16.9. The van der Waals surface area contributed by atoms with E-state index in [1.807, 2.05) is 120 Å². The monoisotopic (exact) mass is 1080 g/mol. The average molecular weight is 1080 g/mol. The standard InChI is InChI=1S/C60H78N12O7/c1-37(2)53(67-55(73)39(5)61-7)59(77)69-25-13-21-49(69)41-29-43(33-63-31-41)71-35-47(45-17-9-11-19-51(45)71)57(75)65-23-15-27-79-28-16-24-66-58(76)48-36-72(52-20-12-10-18-46(48)52)44-30-42(32-64-34-44)50-22-14-26-70(50)60(78)54(38(3)4)68-56(74)40(6)62-8/h9-12,17-20,29-40,49-50,53-54,61-62H,13-16,21-28H2,1-8H3,(H,65,75)(H,66,76)(H,67,73)(H,68,74)/t39-,40-,49-,50-,53-,54-/m0/s1. The van der Waals surface area contributed by atoms with Crippen LogP contribution in [0.3, 0.4) is 0 Å². The molecule has 2 saturated heterocycles. The summed E-state index contributed by atoms with van der Waals surface area (Å²) in [6.45, 7) is 14.1. The van der Waals surface area contributed by atoms with Gasteiger partial charge in [0.25, 0.3) is 11.8 Å². The summed E-state index contributed by atoms with van der Waals surface area (Å²) in [5.74, 6) is -1.30. The molecule has 79 heavy (non-hydrogen) atoms. The normalized spacial score (nSPS) is 17.0. The zero-order valence-corrected chi connectivity index (χ0v) is 46.9. The number of hydrogen-bond acceptors (Lipinski definition) is 11. The van der Waals surface area contributed by atoms with Gasteiger partial charge < -0.3 is 55.6 Å². The number of likely N-dealkylation sites (tertiary alicyclic amines) is 2. The number of pyridine rings is 2. The zero-order chi connectivity index (χ0) is 56.3. The summed E-state index contributed by atoms with van der Waals surface area (Å²) in [7, 11) is 3.43. The Labute approximate surface area is 463 Å². The number of para-hydroxylation sites is 2. The van der Waals surface area contributed by atoms with Gasteiger partial charge in [0.1, 0.15) is 12.1 Å². The van der Waals surface area contributed by atoms with Crippen molar-refractivity contribution < 1.29 is 33.5 Å². The minimum atomic E-state index is -0.664. The van der Waals surface area contributed by atoms with Gasteiger partial charge in [-0.15, -0.1) is 0 Å². The molecule has 2 aromatic carbocycles. The molecule has 6 atom stereocenters. The van der Waals surface area contributed by atoms with Gasteiger partial charge in [-0.2, -0.15) is 0 Å². The first-order valence-electron chi connectivity index (χ1n) is 27.9. The molecule has 19 nitrogen and oxygen atoms in total. The fraction of sp³-hybridized carbons (Fsp3) is 0.467. The van der Waals surface area contributed by atoms with Crippen LogP contribution in [-0.2, 0) is 23.9 Å². The van der Waals surface area contributed by atoms with Crippen LogP contribution >= 0.6 is 0 Å². The van der Waals surface area contributed by atoms with Crippen LogP contribution in [0.15, 0.2) is 97.8 Å². The summed E-state index contributed by atoms with van der Waals surface area (Å²) in [4.78, 5) is 94.1. The van der Waals surface area contributed by atoms with E-state index in [1.165, 1.54) is 0 Å². The van der Waals surface area contributed by atoms with E-state index < -0.39 is 24.2 Å². The lowest BCUT2D eigenvalue weighted by molar-refractivity contribution is -0.139. The Kier molecular flexibility index (Phi) is 19.3. The molecule has 0 bridgehead atoms. The highest BCUT2D eigenvalue weighted by atomic mass is 16.5. The van der Waals surface area contributed by atoms with Crippen molar-refractivity contribution >= 4 is 57.2 Å². The molecule has 2 aliphatic heterocycles. The number of carbonyl (C=O) groups is 6. The van der Waals surface area contributed by atoms with Crippen molar-refractivity contribution in [1.82, 2.24) is 60.8 Å². The fourth-order valence-electron chi connectivity index (χ4n) is 10.7. The number of benzene rings is 2. The molecule has 0 radical (unpaired) electrons. The van der Waals surface area contributed by atoms with Crippen LogP contribution < -0.4 is 31.9 Å². The summed E-state index contributed by atoms with van der Waals surface area (Å²) in [5, 5.41) is 19.5. The molecule has 0 unspecified atom stereocenters. The number of hydrogen-bond donors (Lipinski definition) is 6. The number of fused-ring (bicyclic) bond motifs is 2. The molecule has 2 aliphatic rings. The molecule has 6 aromatic rings. The zero-order valence-electron chi connectivity index (χ0n) is 46.9. The summed E-state index contributed by atoms with van der Waals surface area (Å²) < 4.78 is 9.85. The van der Waals surface area contributed by atoms with Crippen LogP contribution in [0, 0.1) is 11.8 Å². The Morgan fingerprint density at radius 2 is 0.987 bits per heavy atom. The highest BCUT2D eigenvalue weighted by Crippen LogP contribution is 2.36. The van der Waals surface area contributed by atoms with Crippen LogP contribution in [0.25, 0.3) is 33.2 Å². The van der Waals surface area contributed by atoms with E-state index in [0.717, 1.165) is 70.0 Å². The van der Waals surface area contributed by atoms with Gasteiger partial charge >= 0.3 is 0 Å². The molecule has 8 rings (SSSR count). The Morgan fingerprint density at radius 3 is 1.38 bits per heavy atom. The van der Waals surface area contributed by atoms with Crippen LogP contribution in [0.2, 0.25) is 0 Å². The molecular formula is C60H78N12O7. The number of amides is 6. The van der Waals surface area contributed by atoms with Crippen molar-refractivity contribution in [3.05, 3.63) is 120 Å². The van der Waals surface area contributed by atoms with Crippen molar-refractivity contribution in [3.8, 4) is 11.4 Å². The second-order valence-electron chi connectivity index (χ2n) is 21.5. The number of carbonyl (C=O) groups excluding carboxylic acids is 6. The van der Waals surface area contributed by atoms with E-state index in [0.29, 0.717) is 63.4 Å². The largest absolute Gasteiger partial charge is 0.381 e. The van der Waals surface area contributed by atoms with E-state index in [2.05, 4.69) is 41.9 Å². The maximum Gasteiger partial charge on any atom is 0.253 e. The molecule has 2 fully saturated rings. The smallest absolute Gasteiger partial charge is 0.253 e. The number of nitrogens with zero attached hydrogens (tertiary/aromatic N) is 6. The van der Waals surface area contributed by atoms with Gasteiger partial charge in [-0.25, -0.2) is 0 Å². The average Bonchev–Trinajstić information content (AvgIpc) is 4.35. The SMILES string of the molecule is CN[C@@H](C)C(=O)N[C@H](C(=O)N1CCC[C@H]1c1cncc(-n2cc(C(=O)NCCCOCCCNC(=O)c3cn(-c4cncc([C@@H]5CCCN5C(=O)[C@@H](NC(=O)[C@H](C)NC)C(C)C)c4)c4ccccc34)c3ccccc32)c1)C(C)C. The number of rotatable bonds is 24. The molecule has 0 aliphatic carbocycles. The molecule has 6 heterocycles. The van der Waals surface area contributed by atoms with Crippen LogP contribution in [0.1, 0.15) is 124 Å². The van der Waals surface area contributed by atoms with Gasteiger partial charge in [0.05, 0.1) is 70.1 Å². The lowest BCUT2D eigenvalue weighted by atomic mass is 10.00. The maximum atomic E-state index is 14.0. The van der Waals surface area contributed by atoms with Gasteiger partial charge in [-0.1, -0.05) is 64.1 Å². The van der Waals surface area contributed by atoms with Gasteiger partial charge in [0.2, 0.25) is 23.6 Å². The third kappa shape index (κ3) is 13.2. The molecule has 420 valence electrons. The minimum Gasteiger partial charge on any atom is -0.381 e. The highest BCUT2D eigenvalue weighted by molar-refractivity contribution is 6.08. The van der Waals surface area contributed by atoms with Crippen LogP contribution in [0.4, 0.5) is 0 Å². The Hall–Kier alpha value is -7.48. The maximum absolute atomic E-state index is 14.0. The lowest BCUT2D eigenvalue weighted by Gasteiger charge is -2.32. The number of ether oxygens (including phenoxy) is 1. The topological polar surface area (TPSA) is 226 Å².